The number of nitrogens with zero attached hydrogens (tertiary/aromatic N) is 1. The molecule has 4 N–H and O–H groups in total. The van der Waals surface area contributed by atoms with E-state index >= 15 is 0 Å². The normalized spacial score (nSPS) is 10.1. The molecule has 0 amide bonds. The van der Waals surface area contributed by atoms with Crippen LogP contribution in [-0.2, 0) is 4.79 Å². The third-order valence-corrected chi connectivity index (χ3v) is 0.705. The van der Waals surface area contributed by atoms with Gasteiger partial charge < -0.3 is 16.0 Å². The van der Waals surface area contributed by atoms with Crippen LogP contribution >= 0.6 is 0 Å². The van der Waals surface area contributed by atoms with E-state index in [0.29, 0.717) is 5.06 Å². The third-order valence-electron chi connectivity index (χ3n) is 0.705. The molecule has 0 aromatic carbocycles. The molecule has 0 spiro atoms. The van der Waals surface area contributed by atoms with E-state index in [0.717, 1.165) is 0 Å². The van der Waals surface area contributed by atoms with Gasteiger partial charge in [0.05, 0.1) is 0 Å². The first-order valence-corrected chi connectivity index (χ1v) is 2.52. The molecular weight excluding hydrogens is 124 g/mol. The summed E-state index contributed by atoms with van der Waals surface area (Å²) in [5, 5.41) is 17.3. The Morgan fingerprint density at radius 3 is 2.56 bits per heavy atom. The fourth-order valence-electron chi connectivity index (χ4n) is 0.384. The number of rotatable bonds is 4. The van der Waals surface area contributed by atoms with Crippen molar-refractivity contribution in [3.63, 3.8) is 0 Å². The monoisotopic (exact) mass is 134 g/mol. The van der Waals surface area contributed by atoms with Crippen molar-refractivity contribution in [2.24, 2.45) is 5.73 Å². The van der Waals surface area contributed by atoms with Crippen LogP contribution in [0.5, 0.6) is 0 Å². The summed E-state index contributed by atoms with van der Waals surface area (Å²) in [6.07, 6.45) is 0. The molecule has 0 radical (unpaired) electrons. The predicted molar refractivity (Wildman–Crippen MR) is 30.0 cm³/mol. The second kappa shape index (κ2) is 4.25. The van der Waals surface area contributed by atoms with Gasteiger partial charge in [-0.1, -0.05) is 0 Å². The highest BCUT2D eigenvalue weighted by atomic mass is 16.5. The Hall–Kier alpha value is -0.650. The largest absolute Gasteiger partial charge is 0.480 e. The van der Waals surface area contributed by atoms with Crippen molar-refractivity contribution >= 4 is 5.97 Å². The highest BCUT2D eigenvalue weighted by Gasteiger charge is 2.02. The number of nitrogens with two attached hydrogens (primary N) is 1. The van der Waals surface area contributed by atoms with Crippen molar-refractivity contribution in [2.45, 2.75) is 0 Å². The van der Waals surface area contributed by atoms with Gasteiger partial charge in [0.15, 0.2) is 0 Å². The number of carboxylic acids is 1. The van der Waals surface area contributed by atoms with E-state index in [1.54, 1.807) is 0 Å². The topological polar surface area (TPSA) is 86.8 Å². The Kier molecular flexibility index (Phi) is 3.94. The van der Waals surface area contributed by atoms with Crippen molar-refractivity contribution < 1.29 is 15.1 Å². The number of carboxylic acid groups (broad SMARTS) is 1. The molecule has 0 aromatic rings. The average Bonchev–Trinajstić information content (AvgIpc) is 1.63. The summed E-state index contributed by atoms with van der Waals surface area (Å²) in [6, 6.07) is 0. The first-order valence-electron chi connectivity index (χ1n) is 2.52. The van der Waals surface area contributed by atoms with Gasteiger partial charge >= 0.3 is 5.97 Å². The van der Waals surface area contributed by atoms with Gasteiger partial charge in [-0.25, -0.2) is 0 Å². The molecule has 0 heterocycles. The van der Waals surface area contributed by atoms with Gasteiger partial charge in [-0.15, -0.1) is 0 Å². The van der Waals surface area contributed by atoms with E-state index in [-0.39, 0.29) is 19.6 Å². The summed E-state index contributed by atoms with van der Waals surface area (Å²) in [5.41, 5.74) is 5.01. The molecule has 0 aliphatic heterocycles. The van der Waals surface area contributed by atoms with E-state index in [1.165, 1.54) is 0 Å². The Balaban J connectivity index is 3.26. The van der Waals surface area contributed by atoms with Gasteiger partial charge in [0.25, 0.3) is 0 Å². The molecular formula is C4H10N2O3. The van der Waals surface area contributed by atoms with Crippen LogP contribution in [0.1, 0.15) is 0 Å². The molecule has 5 nitrogen and oxygen atoms in total. The molecule has 9 heavy (non-hydrogen) atoms. The van der Waals surface area contributed by atoms with E-state index in [4.69, 9.17) is 16.0 Å². The minimum absolute atomic E-state index is 0.187. The van der Waals surface area contributed by atoms with Gasteiger partial charge in [-0.2, -0.15) is 5.06 Å². The van der Waals surface area contributed by atoms with Crippen LogP contribution in [0.25, 0.3) is 0 Å². The van der Waals surface area contributed by atoms with Crippen LogP contribution in [0.2, 0.25) is 0 Å². The van der Waals surface area contributed by atoms with Crippen molar-refractivity contribution in [3.05, 3.63) is 0 Å². The molecule has 5 heteroatoms. The summed E-state index contributed by atoms with van der Waals surface area (Å²) in [4.78, 5) is 9.84. The summed E-state index contributed by atoms with van der Waals surface area (Å²) >= 11 is 0. The van der Waals surface area contributed by atoms with Crippen molar-refractivity contribution in [2.75, 3.05) is 19.6 Å². The van der Waals surface area contributed by atoms with E-state index in [1.807, 2.05) is 0 Å². The zero-order valence-corrected chi connectivity index (χ0v) is 4.95. The zero-order valence-electron chi connectivity index (χ0n) is 4.95. The lowest BCUT2D eigenvalue weighted by Gasteiger charge is -2.08. The molecule has 0 saturated carbocycles. The van der Waals surface area contributed by atoms with Gasteiger partial charge in [0.2, 0.25) is 0 Å². The van der Waals surface area contributed by atoms with E-state index in [2.05, 4.69) is 0 Å². The molecule has 0 atom stereocenters. The Labute approximate surface area is 52.6 Å². The first-order chi connectivity index (χ1) is 4.16. The van der Waals surface area contributed by atoms with E-state index in [9.17, 15) is 4.79 Å². The molecule has 0 aromatic heterocycles. The van der Waals surface area contributed by atoms with E-state index < -0.39 is 5.97 Å². The predicted octanol–water partition coefficient (Wildman–Crippen LogP) is -1.28. The minimum atomic E-state index is -1.06. The molecule has 54 valence electrons. The molecule has 0 fully saturated rings. The van der Waals surface area contributed by atoms with Gasteiger partial charge in [-0.05, 0) is 0 Å². The highest BCUT2D eigenvalue weighted by molar-refractivity contribution is 5.68. The number of carbonyl (C=O) groups is 1. The van der Waals surface area contributed by atoms with Gasteiger partial charge in [0.1, 0.15) is 6.54 Å². The van der Waals surface area contributed by atoms with Crippen LogP contribution in [0.3, 0.4) is 0 Å². The maximum atomic E-state index is 9.84. The molecule has 0 rings (SSSR count). The lowest BCUT2D eigenvalue weighted by molar-refractivity contribution is -0.152. The molecule has 0 saturated heterocycles. The minimum Gasteiger partial charge on any atom is -0.480 e. The fourth-order valence-corrected chi connectivity index (χ4v) is 0.384. The summed E-state index contributed by atoms with van der Waals surface area (Å²) < 4.78 is 0. The fraction of sp³-hybridized carbons (Fsp3) is 0.750. The lowest BCUT2D eigenvalue weighted by atomic mass is 10.6. The average molecular weight is 134 g/mol. The molecule has 0 unspecified atom stereocenters. The quantitative estimate of drug-likeness (QED) is 0.417. The van der Waals surface area contributed by atoms with Crippen LogP contribution < -0.4 is 5.73 Å². The zero-order chi connectivity index (χ0) is 7.28. The van der Waals surface area contributed by atoms with Crippen molar-refractivity contribution in [1.29, 1.82) is 0 Å². The SMILES string of the molecule is NCCN(O)CC(=O)O. The summed E-state index contributed by atoms with van der Waals surface area (Å²) in [5.74, 6) is -1.06. The number of hydrogen-bond donors (Lipinski definition) is 3. The number of hydroxylamine groups is 2. The standard InChI is InChI=1S/C4H10N2O3/c5-1-2-6(9)3-4(7)8/h9H,1-3,5H2,(H,7,8). The Morgan fingerprint density at radius 2 is 2.22 bits per heavy atom. The maximum absolute atomic E-state index is 9.84. The van der Waals surface area contributed by atoms with Crippen LogP contribution in [0, 0.1) is 0 Å². The summed E-state index contributed by atoms with van der Waals surface area (Å²) in [7, 11) is 0. The smallest absolute Gasteiger partial charge is 0.320 e. The molecule has 0 bridgehead atoms. The van der Waals surface area contributed by atoms with Gasteiger partial charge in [0, 0.05) is 13.1 Å². The van der Waals surface area contributed by atoms with Crippen molar-refractivity contribution in [3.8, 4) is 0 Å². The van der Waals surface area contributed by atoms with Crippen LogP contribution in [-0.4, -0.2) is 41.0 Å². The number of aliphatic carboxylic acids is 1. The van der Waals surface area contributed by atoms with Crippen molar-refractivity contribution in [1.82, 2.24) is 5.06 Å². The third kappa shape index (κ3) is 5.22. The molecule has 0 aliphatic rings. The highest BCUT2D eigenvalue weighted by Crippen LogP contribution is 1.76. The lowest BCUT2D eigenvalue weighted by Crippen LogP contribution is -2.30. The second-order valence-corrected chi connectivity index (χ2v) is 1.57. The Morgan fingerprint density at radius 1 is 1.67 bits per heavy atom. The maximum Gasteiger partial charge on any atom is 0.320 e. The van der Waals surface area contributed by atoms with Gasteiger partial charge in [-0.3, -0.25) is 4.79 Å². The summed E-state index contributed by atoms with van der Waals surface area (Å²) in [6.45, 7) is 0.0628. The second-order valence-electron chi connectivity index (χ2n) is 1.57. The number of hydrogen-bond acceptors (Lipinski definition) is 4. The van der Waals surface area contributed by atoms with Crippen LogP contribution in [0.4, 0.5) is 0 Å². The first kappa shape index (κ1) is 8.35. The van der Waals surface area contributed by atoms with Crippen LogP contribution in [0.15, 0.2) is 0 Å². The Bertz CT molecular complexity index is 95.8. The molecule has 0 aliphatic carbocycles.